The lowest BCUT2D eigenvalue weighted by Gasteiger charge is -2.21. The van der Waals surface area contributed by atoms with Gasteiger partial charge in [0, 0.05) is 25.7 Å². The highest BCUT2D eigenvalue weighted by Gasteiger charge is 2.21. The summed E-state index contributed by atoms with van der Waals surface area (Å²) in [5.74, 6) is 0.263. The van der Waals surface area contributed by atoms with Crippen LogP contribution in [-0.2, 0) is 14.3 Å². The number of hydrogen-bond acceptors (Lipinski definition) is 3. The molecule has 5 nitrogen and oxygen atoms in total. The summed E-state index contributed by atoms with van der Waals surface area (Å²) in [6.45, 7) is 6.05. The van der Waals surface area contributed by atoms with Crippen molar-refractivity contribution in [2.75, 3.05) is 26.3 Å². The molecule has 98 valence electrons. The van der Waals surface area contributed by atoms with E-state index in [1.807, 2.05) is 13.8 Å². The zero-order chi connectivity index (χ0) is 12.7. The van der Waals surface area contributed by atoms with Crippen LogP contribution in [0.1, 0.15) is 26.7 Å². The van der Waals surface area contributed by atoms with Gasteiger partial charge in [0.1, 0.15) is 0 Å². The summed E-state index contributed by atoms with van der Waals surface area (Å²) < 4.78 is 5.18. The number of carbonyl (C=O) groups is 2. The monoisotopic (exact) mass is 242 g/mol. The third-order valence-electron chi connectivity index (χ3n) is 2.72. The molecule has 1 aliphatic rings. The van der Waals surface area contributed by atoms with E-state index in [4.69, 9.17) is 4.74 Å². The van der Waals surface area contributed by atoms with Crippen molar-refractivity contribution in [1.82, 2.24) is 10.6 Å². The zero-order valence-electron chi connectivity index (χ0n) is 10.6. The molecule has 0 atom stereocenters. The van der Waals surface area contributed by atoms with E-state index in [9.17, 15) is 9.59 Å². The van der Waals surface area contributed by atoms with Crippen LogP contribution in [0.3, 0.4) is 0 Å². The molecule has 2 N–H and O–H groups in total. The average Bonchev–Trinajstić information content (AvgIpc) is 2.34. The molecule has 0 radical (unpaired) electrons. The summed E-state index contributed by atoms with van der Waals surface area (Å²) in [6.07, 6.45) is 1.50. The van der Waals surface area contributed by atoms with Gasteiger partial charge in [0.2, 0.25) is 11.8 Å². The van der Waals surface area contributed by atoms with Gasteiger partial charge >= 0.3 is 0 Å². The Labute approximate surface area is 102 Å². The van der Waals surface area contributed by atoms with E-state index >= 15 is 0 Å². The summed E-state index contributed by atoms with van der Waals surface area (Å²) in [7, 11) is 0. The SMILES string of the molecule is CC(C)CNC(=O)CNC(=O)C1CCOCC1. The molecule has 2 amide bonds. The van der Waals surface area contributed by atoms with Crippen molar-refractivity contribution in [1.29, 1.82) is 0 Å². The van der Waals surface area contributed by atoms with Crippen LogP contribution in [0, 0.1) is 11.8 Å². The van der Waals surface area contributed by atoms with E-state index in [1.165, 1.54) is 0 Å². The highest BCUT2D eigenvalue weighted by atomic mass is 16.5. The normalized spacial score (nSPS) is 16.9. The molecule has 1 saturated heterocycles. The fourth-order valence-electron chi connectivity index (χ4n) is 1.65. The van der Waals surface area contributed by atoms with Gasteiger partial charge in [-0.25, -0.2) is 0 Å². The maximum atomic E-state index is 11.7. The largest absolute Gasteiger partial charge is 0.381 e. The van der Waals surface area contributed by atoms with Gasteiger partial charge in [-0.05, 0) is 18.8 Å². The molecule has 1 rings (SSSR count). The number of hydrogen-bond donors (Lipinski definition) is 2. The number of nitrogens with one attached hydrogen (secondary N) is 2. The van der Waals surface area contributed by atoms with Gasteiger partial charge in [-0.15, -0.1) is 0 Å². The summed E-state index contributed by atoms with van der Waals surface area (Å²) in [6, 6.07) is 0. The van der Waals surface area contributed by atoms with Gasteiger partial charge in [0.05, 0.1) is 6.54 Å². The van der Waals surface area contributed by atoms with E-state index in [-0.39, 0.29) is 24.3 Å². The van der Waals surface area contributed by atoms with Gasteiger partial charge in [-0.2, -0.15) is 0 Å². The minimum Gasteiger partial charge on any atom is -0.381 e. The van der Waals surface area contributed by atoms with E-state index in [2.05, 4.69) is 10.6 Å². The van der Waals surface area contributed by atoms with E-state index < -0.39 is 0 Å². The Kier molecular flexibility index (Phi) is 5.97. The molecular formula is C12H22N2O3. The quantitative estimate of drug-likeness (QED) is 0.728. The molecule has 0 saturated carbocycles. The molecule has 0 unspecified atom stereocenters. The Morgan fingerprint density at radius 1 is 1.24 bits per heavy atom. The summed E-state index contributed by atoms with van der Waals surface area (Å²) in [5.41, 5.74) is 0. The molecular weight excluding hydrogens is 220 g/mol. The second-order valence-electron chi connectivity index (χ2n) is 4.80. The third-order valence-corrected chi connectivity index (χ3v) is 2.72. The van der Waals surface area contributed by atoms with E-state index in [0.717, 1.165) is 12.8 Å². The van der Waals surface area contributed by atoms with Crippen LogP contribution in [0.15, 0.2) is 0 Å². The van der Waals surface area contributed by atoms with Crippen LogP contribution in [0.25, 0.3) is 0 Å². The summed E-state index contributed by atoms with van der Waals surface area (Å²) >= 11 is 0. The minimum absolute atomic E-state index is 0.00153. The van der Waals surface area contributed by atoms with Crippen LogP contribution in [0.2, 0.25) is 0 Å². The number of rotatable bonds is 5. The average molecular weight is 242 g/mol. The van der Waals surface area contributed by atoms with Crippen molar-refractivity contribution in [2.24, 2.45) is 11.8 Å². The van der Waals surface area contributed by atoms with Crippen molar-refractivity contribution in [2.45, 2.75) is 26.7 Å². The summed E-state index contributed by atoms with van der Waals surface area (Å²) in [4.78, 5) is 23.1. The first-order valence-electron chi connectivity index (χ1n) is 6.21. The van der Waals surface area contributed by atoms with Crippen LogP contribution >= 0.6 is 0 Å². The first-order chi connectivity index (χ1) is 8.09. The van der Waals surface area contributed by atoms with Crippen molar-refractivity contribution in [3.05, 3.63) is 0 Å². The predicted molar refractivity (Wildman–Crippen MR) is 64.4 cm³/mol. The second kappa shape index (κ2) is 7.27. The molecule has 0 aromatic rings. The number of ether oxygens (including phenoxy) is 1. The highest BCUT2D eigenvalue weighted by Crippen LogP contribution is 2.14. The molecule has 17 heavy (non-hydrogen) atoms. The molecule has 0 spiro atoms. The smallest absolute Gasteiger partial charge is 0.239 e. The van der Waals surface area contributed by atoms with Crippen molar-refractivity contribution >= 4 is 11.8 Å². The van der Waals surface area contributed by atoms with Gasteiger partial charge in [0.15, 0.2) is 0 Å². The van der Waals surface area contributed by atoms with Crippen molar-refractivity contribution in [3.63, 3.8) is 0 Å². The predicted octanol–water partition coefficient (Wildman–Crippen LogP) is 0.301. The van der Waals surface area contributed by atoms with Gasteiger partial charge < -0.3 is 15.4 Å². The Bertz CT molecular complexity index is 260. The Morgan fingerprint density at radius 2 is 1.88 bits per heavy atom. The maximum Gasteiger partial charge on any atom is 0.239 e. The molecule has 1 heterocycles. The van der Waals surface area contributed by atoms with Crippen LogP contribution in [0.5, 0.6) is 0 Å². The Balaban J connectivity index is 2.16. The molecule has 1 aliphatic heterocycles. The summed E-state index contributed by atoms with van der Waals surface area (Å²) in [5, 5.41) is 5.43. The standard InChI is InChI=1S/C12H22N2O3/c1-9(2)7-13-11(15)8-14-12(16)10-3-5-17-6-4-10/h9-10H,3-8H2,1-2H3,(H,13,15)(H,14,16). The molecule has 1 fully saturated rings. The second-order valence-corrected chi connectivity index (χ2v) is 4.80. The number of amides is 2. The zero-order valence-corrected chi connectivity index (χ0v) is 10.6. The molecule has 0 bridgehead atoms. The fourth-order valence-corrected chi connectivity index (χ4v) is 1.65. The first-order valence-corrected chi connectivity index (χ1v) is 6.21. The van der Waals surface area contributed by atoms with Crippen LogP contribution in [-0.4, -0.2) is 38.1 Å². The lowest BCUT2D eigenvalue weighted by atomic mass is 9.99. The van der Waals surface area contributed by atoms with Crippen molar-refractivity contribution < 1.29 is 14.3 Å². The van der Waals surface area contributed by atoms with E-state index in [1.54, 1.807) is 0 Å². The first kappa shape index (κ1) is 14.0. The maximum absolute atomic E-state index is 11.7. The molecule has 0 aromatic carbocycles. The topological polar surface area (TPSA) is 67.4 Å². The lowest BCUT2D eigenvalue weighted by molar-refractivity contribution is -0.130. The van der Waals surface area contributed by atoms with E-state index in [0.29, 0.717) is 25.7 Å². The number of carbonyl (C=O) groups excluding carboxylic acids is 2. The van der Waals surface area contributed by atoms with Crippen LogP contribution < -0.4 is 10.6 Å². The highest BCUT2D eigenvalue weighted by molar-refractivity contribution is 5.85. The molecule has 5 heteroatoms. The third kappa shape index (κ3) is 5.68. The van der Waals surface area contributed by atoms with Crippen LogP contribution in [0.4, 0.5) is 0 Å². The van der Waals surface area contributed by atoms with Gasteiger partial charge in [0.25, 0.3) is 0 Å². The fraction of sp³-hybridized carbons (Fsp3) is 0.833. The Morgan fingerprint density at radius 3 is 2.47 bits per heavy atom. The van der Waals surface area contributed by atoms with Gasteiger partial charge in [-0.3, -0.25) is 9.59 Å². The van der Waals surface area contributed by atoms with Crippen molar-refractivity contribution in [3.8, 4) is 0 Å². The lowest BCUT2D eigenvalue weighted by Crippen LogP contribution is -2.41. The molecule has 0 aliphatic carbocycles. The Hall–Kier alpha value is -1.10. The molecule has 0 aromatic heterocycles. The minimum atomic E-state index is -0.126. The van der Waals surface area contributed by atoms with Gasteiger partial charge in [-0.1, -0.05) is 13.8 Å².